The van der Waals surface area contributed by atoms with Gasteiger partial charge in [0.2, 0.25) is 0 Å². The van der Waals surface area contributed by atoms with Gasteiger partial charge in [-0.2, -0.15) is 0 Å². The van der Waals surface area contributed by atoms with Gasteiger partial charge in [-0.3, -0.25) is 0 Å². The van der Waals surface area contributed by atoms with Crippen LogP contribution in [0.3, 0.4) is 0 Å². The van der Waals surface area contributed by atoms with E-state index in [9.17, 15) is 0 Å². The summed E-state index contributed by atoms with van der Waals surface area (Å²) in [5, 5.41) is 15.7. The summed E-state index contributed by atoms with van der Waals surface area (Å²) in [4.78, 5) is 2.47. The van der Waals surface area contributed by atoms with Crippen molar-refractivity contribution in [2.24, 2.45) is 0 Å². The molecule has 4 heterocycles. The smallest absolute Gasteiger partial charge is 0.0783 e. The third-order valence-corrected chi connectivity index (χ3v) is 13.8. The van der Waals surface area contributed by atoms with E-state index in [4.69, 9.17) is 0 Å². The van der Waals surface area contributed by atoms with Crippen LogP contribution < -0.4 is 4.90 Å². The van der Waals surface area contributed by atoms with Crippen LogP contribution in [0.15, 0.2) is 164 Å². The zero-order chi connectivity index (χ0) is 41.1. The molecule has 0 saturated heterocycles. The van der Waals surface area contributed by atoms with Crippen molar-refractivity contribution in [3.63, 3.8) is 0 Å². The van der Waals surface area contributed by atoms with E-state index in [0.717, 1.165) is 11.4 Å². The molecule has 0 saturated carbocycles. The van der Waals surface area contributed by atoms with Gasteiger partial charge in [0.1, 0.15) is 0 Å². The van der Waals surface area contributed by atoms with E-state index in [1.807, 2.05) is 0 Å². The minimum absolute atomic E-state index is 0.0396. The Morgan fingerprint density at radius 1 is 0.344 bits per heavy atom. The molecule has 3 nitrogen and oxygen atoms in total. The van der Waals surface area contributed by atoms with Crippen molar-refractivity contribution in [1.29, 1.82) is 0 Å². The standard InChI is InChI=1S/C58H45N3/c1-57(2,3)36-25-26-46-44(31-36)50-40-23-15-13-18-35(40)30-45-51-47(60(46)56(45)50)27-28-48-53(51)52-41-24-16-14-17-34(41)29-42-43-32-37(58(4,5)6)33-49(54(43)61(48)55(42)52)59(38-19-9-7-10-20-38)39-21-11-8-12-22-39/h7-33H,1-6H3. The van der Waals surface area contributed by atoms with E-state index in [1.54, 1.807) is 0 Å². The molecule has 61 heavy (non-hydrogen) atoms. The van der Waals surface area contributed by atoms with Gasteiger partial charge >= 0.3 is 0 Å². The van der Waals surface area contributed by atoms with Crippen LogP contribution in [0.5, 0.6) is 0 Å². The largest absolute Gasteiger partial charge is 0.308 e. The van der Waals surface area contributed by atoms with Gasteiger partial charge in [-0.1, -0.05) is 133 Å². The molecule has 0 unspecified atom stereocenters. The minimum Gasteiger partial charge on any atom is -0.308 e. The van der Waals surface area contributed by atoms with Crippen LogP contribution in [0, 0.1) is 0 Å². The molecule has 3 heteroatoms. The lowest BCUT2D eigenvalue weighted by Crippen LogP contribution is -2.15. The molecule has 0 atom stereocenters. The first kappa shape index (κ1) is 34.7. The highest BCUT2D eigenvalue weighted by Crippen LogP contribution is 2.53. The number of fused-ring (bicyclic) bond motifs is 17. The van der Waals surface area contributed by atoms with E-state index in [-0.39, 0.29) is 10.8 Å². The molecule has 0 aliphatic heterocycles. The topological polar surface area (TPSA) is 12.1 Å². The van der Waals surface area contributed by atoms with E-state index in [2.05, 4.69) is 219 Å². The highest BCUT2D eigenvalue weighted by atomic mass is 15.2. The van der Waals surface area contributed by atoms with Crippen molar-refractivity contribution in [3.8, 4) is 0 Å². The number of para-hydroxylation sites is 2. The van der Waals surface area contributed by atoms with Crippen molar-refractivity contribution in [2.75, 3.05) is 4.90 Å². The lowest BCUT2D eigenvalue weighted by molar-refractivity contribution is 0.591. The molecule has 9 aromatic carbocycles. The SMILES string of the molecule is CC(C)(C)c1ccc2c(c1)c1c3ccccc3cc3c4c5c6c7ccccc7cc7c8cc(C(C)(C)C)cc(N(c9ccccc9)c9ccccc9)c8n(c5ccc4n2c31)c76. The Morgan fingerprint density at radius 3 is 1.49 bits per heavy atom. The number of rotatable bonds is 3. The van der Waals surface area contributed by atoms with Crippen LogP contribution in [-0.2, 0) is 10.8 Å². The highest BCUT2D eigenvalue weighted by Gasteiger charge is 2.30. The Bertz CT molecular complexity index is 3890. The minimum atomic E-state index is -0.0791. The lowest BCUT2D eigenvalue weighted by atomic mass is 9.85. The zero-order valence-corrected chi connectivity index (χ0v) is 35.4. The van der Waals surface area contributed by atoms with Gasteiger partial charge in [0.05, 0.1) is 38.8 Å². The number of anilines is 3. The third-order valence-electron chi connectivity index (χ3n) is 13.8. The molecule has 0 spiro atoms. The number of nitrogens with zero attached hydrogens (tertiary/aromatic N) is 3. The van der Waals surface area contributed by atoms with Crippen molar-refractivity contribution in [1.82, 2.24) is 8.80 Å². The second-order valence-corrected chi connectivity index (χ2v) is 19.4. The van der Waals surface area contributed by atoms with Crippen LogP contribution in [0.2, 0.25) is 0 Å². The highest BCUT2D eigenvalue weighted by molar-refractivity contribution is 6.41. The molecule has 292 valence electrons. The van der Waals surface area contributed by atoms with Crippen molar-refractivity contribution >= 4 is 115 Å². The maximum absolute atomic E-state index is 2.63. The molecule has 0 amide bonds. The number of hydrogen-bond acceptors (Lipinski definition) is 1. The van der Waals surface area contributed by atoms with E-state index in [0.29, 0.717) is 0 Å². The van der Waals surface area contributed by atoms with Crippen LogP contribution in [0.4, 0.5) is 17.1 Å². The molecule has 13 rings (SSSR count). The number of benzene rings is 9. The average molecular weight is 784 g/mol. The van der Waals surface area contributed by atoms with E-state index >= 15 is 0 Å². The van der Waals surface area contributed by atoms with Gasteiger partial charge in [-0.15, -0.1) is 0 Å². The fourth-order valence-corrected chi connectivity index (χ4v) is 10.9. The van der Waals surface area contributed by atoms with Crippen LogP contribution in [0.25, 0.3) is 97.7 Å². The normalized spacial score (nSPS) is 13.1. The summed E-state index contributed by atoms with van der Waals surface area (Å²) < 4.78 is 5.21. The van der Waals surface area contributed by atoms with E-state index < -0.39 is 0 Å². The summed E-state index contributed by atoms with van der Waals surface area (Å²) in [7, 11) is 0. The first-order valence-corrected chi connectivity index (χ1v) is 21.7. The molecule has 0 N–H and O–H groups in total. The molecule has 0 radical (unpaired) electrons. The summed E-state index contributed by atoms with van der Waals surface area (Å²) in [6, 6.07) is 61.8. The zero-order valence-electron chi connectivity index (χ0n) is 35.4. The van der Waals surface area contributed by atoms with E-state index in [1.165, 1.54) is 115 Å². The Labute approximate surface area is 354 Å². The fourth-order valence-electron chi connectivity index (χ4n) is 10.9. The molecule has 0 aliphatic rings. The Kier molecular flexibility index (Phi) is 6.72. The van der Waals surface area contributed by atoms with Crippen LogP contribution in [-0.4, -0.2) is 8.80 Å². The van der Waals surface area contributed by atoms with Crippen molar-refractivity contribution in [2.45, 2.75) is 52.4 Å². The average Bonchev–Trinajstić information content (AvgIpc) is 3.99. The van der Waals surface area contributed by atoms with Gasteiger partial charge in [0, 0.05) is 54.5 Å². The van der Waals surface area contributed by atoms with Gasteiger partial charge in [-0.05, 0) is 116 Å². The second-order valence-electron chi connectivity index (χ2n) is 19.4. The summed E-state index contributed by atoms with van der Waals surface area (Å²) in [5.74, 6) is 0. The Hall–Kier alpha value is -7.10. The molecular formula is C58H45N3. The predicted molar refractivity (Wildman–Crippen MR) is 263 cm³/mol. The molecule has 13 aromatic rings. The van der Waals surface area contributed by atoms with Crippen molar-refractivity contribution < 1.29 is 0 Å². The van der Waals surface area contributed by atoms with Crippen LogP contribution >= 0.6 is 0 Å². The second kappa shape index (κ2) is 11.8. The summed E-state index contributed by atoms with van der Waals surface area (Å²) in [6.45, 7) is 14.0. The van der Waals surface area contributed by atoms with Crippen molar-refractivity contribution in [3.05, 3.63) is 175 Å². The quantitative estimate of drug-likeness (QED) is 0.174. The van der Waals surface area contributed by atoms with Gasteiger partial charge < -0.3 is 13.7 Å². The maximum Gasteiger partial charge on any atom is 0.0783 e. The predicted octanol–water partition coefficient (Wildman–Crippen LogP) is 16.4. The molecule has 0 aliphatic carbocycles. The Balaban J connectivity index is 1.29. The number of aromatic nitrogens is 2. The van der Waals surface area contributed by atoms with Gasteiger partial charge in [-0.25, -0.2) is 0 Å². The van der Waals surface area contributed by atoms with Gasteiger partial charge in [0.25, 0.3) is 0 Å². The monoisotopic (exact) mass is 783 g/mol. The van der Waals surface area contributed by atoms with Crippen LogP contribution in [0.1, 0.15) is 52.7 Å². The molecule has 0 fully saturated rings. The summed E-state index contributed by atoms with van der Waals surface area (Å²) in [5.41, 5.74) is 13.7. The Morgan fingerprint density at radius 2 is 0.852 bits per heavy atom. The summed E-state index contributed by atoms with van der Waals surface area (Å²) >= 11 is 0. The third kappa shape index (κ3) is 4.58. The number of hydrogen-bond donors (Lipinski definition) is 0. The fraction of sp³-hybridized carbons (Fsp3) is 0.138. The molecule has 0 bridgehead atoms. The maximum atomic E-state index is 2.63. The first-order valence-electron chi connectivity index (χ1n) is 21.7. The summed E-state index contributed by atoms with van der Waals surface area (Å²) in [6.07, 6.45) is 0. The molecule has 4 aromatic heterocycles. The lowest BCUT2D eigenvalue weighted by Gasteiger charge is -2.29. The molecular weight excluding hydrogens is 739 g/mol. The van der Waals surface area contributed by atoms with Gasteiger partial charge in [0.15, 0.2) is 0 Å². The first-order chi connectivity index (χ1) is 29.6.